The van der Waals surface area contributed by atoms with E-state index in [1.165, 1.54) is 25.0 Å². The zero-order valence-corrected chi connectivity index (χ0v) is 32.2. The number of aryl methyl sites for hydroxylation is 1. The quantitative estimate of drug-likeness (QED) is 0.114. The van der Waals surface area contributed by atoms with Gasteiger partial charge in [-0.25, -0.2) is 4.79 Å². The molecule has 6 rings (SSSR count). The molecular formula is C37H40N5O10PS. The van der Waals surface area contributed by atoms with Crippen molar-refractivity contribution in [2.75, 3.05) is 41.7 Å². The van der Waals surface area contributed by atoms with E-state index in [1.54, 1.807) is 27.8 Å². The van der Waals surface area contributed by atoms with E-state index >= 15 is 0 Å². The van der Waals surface area contributed by atoms with E-state index in [4.69, 9.17) is 49.3 Å². The molecule has 4 atom stereocenters. The molecule has 17 heteroatoms. The second-order valence-electron chi connectivity index (χ2n) is 12.3. The Bertz CT molecular complexity index is 2150. The van der Waals surface area contributed by atoms with Crippen LogP contribution in [0.1, 0.15) is 34.9 Å². The first-order valence-corrected chi connectivity index (χ1v) is 19.8. The summed E-state index contributed by atoms with van der Waals surface area (Å²) in [6.07, 6.45) is -0.816. The van der Waals surface area contributed by atoms with Gasteiger partial charge >= 0.3 is 23.7 Å². The van der Waals surface area contributed by atoms with E-state index in [1.807, 2.05) is 78.9 Å². The zero-order valence-electron chi connectivity index (χ0n) is 30.5. The number of hydrogen-bond acceptors (Lipinski definition) is 14. The third-order valence-electron chi connectivity index (χ3n) is 8.79. The van der Waals surface area contributed by atoms with Gasteiger partial charge in [0.25, 0.3) is 5.56 Å². The minimum atomic E-state index is -3.20. The monoisotopic (exact) mass is 777 g/mol. The number of aromatic nitrogens is 5. The van der Waals surface area contributed by atoms with E-state index < -0.39 is 41.8 Å². The molecule has 0 aliphatic carbocycles. The van der Waals surface area contributed by atoms with Gasteiger partial charge in [-0.1, -0.05) is 54.6 Å². The van der Waals surface area contributed by atoms with Crippen molar-refractivity contribution < 1.29 is 37.5 Å². The number of nitrogens with one attached hydrogen (secondary N) is 1. The highest BCUT2D eigenvalue weighted by Crippen LogP contribution is 2.50. The maximum atomic E-state index is 13.1. The lowest BCUT2D eigenvalue weighted by atomic mass is 9.80. The maximum Gasteiger partial charge on any atom is 0.330 e. The van der Waals surface area contributed by atoms with Crippen molar-refractivity contribution in [1.29, 1.82) is 0 Å². The van der Waals surface area contributed by atoms with E-state index in [0.717, 1.165) is 16.7 Å². The topological polar surface area (TPSA) is 167 Å². The SMILES string of the molecule is COc1ccc(C(OC[C@H]2O[C@@H](n3cc(C)c(=O)[nH]c3=O)C[C@@H]2O[P@@](C)(=S)Oc2nc(OC)nc(OC)n2)(c2ccccc2)c2ccc(OC)cc2)cc1. The number of methoxy groups -OCH3 is 4. The molecule has 15 nitrogen and oxygen atoms in total. The molecule has 5 aromatic rings. The Hall–Kier alpha value is -5.12. The van der Waals surface area contributed by atoms with Gasteiger partial charge in [0.15, 0.2) is 0 Å². The van der Waals surface area contributed by atoms with Gasteiger partial charge in [0, 0.05) is 24.8 Å². The fraction of sp³-hybridized carbons (Fsp3) is 0.324. The normalized spacial score (nSPS) is 18.1. The summed E-state index contributed by atoms with van der Waals surface area (Å²) in [5, 5.41) is 0. The minimum Gasteiger partial charge on any atom is -0.497 e. The van der Waals surface area contributed by atoms with Gasteiger partial charge in [0.05, 0.1) is 41.2 Å². The Morgan fingerprint density at radius 2 is 1.35 bits per heavy atom. The fourth-order valence-electron chi connectivity index (χ4n) is 6.17. The van der Waals surface area contributed by atoms with Gasteiger partial charge < -0.3 is 37.5 Å². The van der Waals surface area contributed by atoms with Crippen LogP contribution in [-0.4, -0.2) is 78.4 Å². The highest BCUT2D eigenvalue weighted by atomic mass is 32.5. The lowest BCUT2D eigenvalue weighted by Crippen LogP contribution is -2.38. The molecule has 0 radical (unpaired) electrons. The summed E-state index contributed by atoms with van der Waals surface area (Å²) in [4.78, 5) is 40.0. The predicted molar refractivity (Wildman–Crippen MR) is 201 cm³/mol. The highest BCUT2D eigenvalue weighted by Gasteiger charge is 2.44. The number of nitrogens with zero attached hydrogens (tertiary/aromatic N) is 4. The maximum absolute atomic E-state index is 13.1. The Morgan fingerprint density at radius 3 is 1.89 bits per heavy atom. The molecule has 1 N–H and O–H groups in total. The van der Waals surface area contributed by atoms with Crippen LogP contribution in [0.3, 0.4) is 0 Å². The van der Waals surface area contributed by atoms with Crippen molar-refractivity contribution in [3.05, 3.63) is 128 Å². The Kier molecular flexibility index (Phi) is 11.8. The smallest absolute Gasteiger partial charge is 0.330 e. The minimum absolute atomic E-state index is 0.0375. The van der Waals surface area contributed by atoms with Crippen molar-refractivity contribution in [1.82, 2.24) is 24.5 Å². The van der Waals surface area contributed by atoms with Crippen LogP contribution in [-0.2, 0) is 31.4 Å². The van der Waals surface area contributed by atoms with Crippen LogP contribution in [0.4, 0.5) is 0 Å². The van der Waals surface area contributed by atoms with Crippen LogP contribution in [0, 0.1) is 6.92 Å². The molecule has 0 spiro atoms. The summed E-state index contributed by atoms with van der Waals surface area (Å²) in [7, 11) is 6.00. The highest BCUT2D eigenvalue weighted by molar-refractivity contribution is 8.09. The molecule has 0 bridgehead atoms. The first-order chi connectivity index (χ1) is 26.0. The van der Waals surface area contributed by atoms with Crippen molar-refractivity contribution in [2.24, 2.45) is 0 Å². The van der Waals surface area contributed by atoms with Gasteiger partial charge in [-0.2, -0.15) is 0 Å². The summed E-state index contributed by atoms with van der Waals surface area (Å²) in [6.45, 7) is -0.0275. The second kappa shape index (κ2) is 16.5. The molecule has 0 amide bonds. The summed E-state index contributed by atoms with van der Waals surface area (Å²) in [6, 6.07) is 24.8. The first-order valence-electron chi connectivity index (χ1n) is 16.7. The van der Waals surface area contributed by atoms with Gasteiger partial charge in [-0.3, -0.25) is 14.3 Å². The molecule has 1 saturated heterocycles. The standard InChI is InChI=1S/C37H40N5O10PS/c1-23-21-42(36(44)38-32(23)43)31-20-29(51-53(6,54)52-35-40-33(47-4)39-34(41-35)48-5)30(50-31)22-49-37(24-10-8-7-9-11-24,25-12-16-27(45-2)17-13-25)26-14-18-28(46-3)19-15-26/h7-19,21,29-31H,20,22H2,1-6H3,(H,38,43,44)/t29-,30+,31+,53+/m0/s1. The van der Waals surface area contributed by atoms with E-state index in [0.29, 0.717) is 17.1 Å². The van der Waals surface area contributed by atoms with Gasteiger partial charge in [0.1, 0.15) is 29.4 Å². The second-order valence-corrected chi connectivity index (χ2v) is 16.2. The number of benzene rings is 3. The number of ether oxygens (including phenoxy) is 6. The van der Waals surface area contributed by atoms with Crippen molar-refractivity contribution in [2.45, 2.75) is 37.4 Å². The molecule has 2 aromatic heterocycles. The van der Waals surface area contributed by atoms with Crippen LogP contribution >= 0.6 is 6.49 Å². The average Bonchev–Trinajstić information content (AvgIpc) is 3.57. The Balaban J connectivity index is 1.40. The summed E-state index contributed by atoms with van der Waals surface area (Å²) in [5.74, 6) is 1.35. The van der Waals surface area contributed by atoms with Crippen LogP contribution in [0.25, 0.3) is 0 Å². The van der Waals surface area contributed by atoms with E-state index in [9.17, 15) is 9.59 Å². The Labute approximate surface area is 316 Å². The lowest BCUT2D eigenvalue weighted by Gasteiger charge is -2.37. The van der Waals surface area contributed by atoms with Gasteiger partial charge in [-0.05, 0) is 59.7 Å². The molecule has 3 aromatic carbocycles. The molecule has 3 heterocycles. The number of rotatable bonds is 15. The number of aromatic amines is 1. The zero-order chi connectivity index (χ0) is 38.5. The molecule has 1 aliphatic heterocycles. The lowest BCUT2D eigenvalue weighted by molar-refractivity contribution is -0.0914. The summed E-state index contributed by atoms with van der Waals surface area (Å²) < 4.78 is 48.9. The van der Waals surface area contributed by atoms with Crippen molar-refractivity contribution in [3.63, 3.8) is 0 Å². The predicted octanol–water partition coefficient (Wildman–Crippen LogP) is 4.76. The fourth-order valence-corrected chi connectivity index (χ4v) is 7.84. The Morgan fingerprint density at radius 1 is 0.815 bits per heavy atom. The third-order valence-corrected chi connectivity index (χ3v) is 10.4. The third kappa shape index (κ3) is 8.32. The molecule has 284 valence electrons. The van der Waals surface area contributed by atoms with Gasteiger partial charge in [-0.15, -0.1) is 15.0 Å². The molecule has 0 unspecified atom stereocenters. The van der Waals surface area contributed by atoms with Crippen LogP contribution in [0.2, 0.25) is 0 Å². The van der Waals surface area contributed by atoms with Crippen molar-refractivity contribution >= 4 is 18.3 Å². The van der Waals surface area contributed by atoms with Crippen LogP contribution in [0.5, 0.6) is 29.5 Å². The van der Waals surface area contributed by atoms with Gasteiger partial charge in [0.2, 0.25) is 6.49 Å². The molecular weight excluding hydrogens is 737 g/mol. The molecule has 1 fully saturated rings. The first kappa shape index (κ1) is 38.6. The summed E-state index contributed by atoms with van der Waals surface area (Å²) >= 11 is 5.88. The number of hydrogen-bond donors (Lipinski definition) is 1. The number of H-pyrrole nitrogens is 1. The van der Waals surface area contributed by atoms with E-state index in [-0.39, 0.29) is 31.1 Å². The van der Waals surface area contributed by atoms with Crippen LogP contribution in [0.15, 0.2) is 94.6 Å². The van der Waals surface area contributed by atoms with Crippen molar-refractivity contribution in [3.8, 4) is 29.5 Å². The van der Waals surface area contributed by atoms with Crippen LogP contribution < -0.4 is 34.7 Å². The van der Waals surface area contributed by atoms with E-state index in [2.05, 4.69) is 19.9 Å². The molecule has 1 aliphatic rings. The average molecular weight is 778 g/mol. The largest absolute Gasteiger partial charge is 0.497 e. The molecule has 54 heavy (non-hydrogen) atoms. The molecule has 0 saturated carbocycles. The summed E-state index contributed by atoms with van der Waals surface area (Å²) in [5.41, 5.74) is 0.470.